The highest BCUT2D eigenvalue weighted by atomic mass is 16.6. The standard InChI is InChI=1S/C24H39N3O8/c1-14(29)25-19-17(30)12-24(35-21(19)20(32)18(31)13-28)22(33)26(15-8-4-2-5-9-15)23(34)27(24)16-10-6-3-7-11-16/h15-21,28,30-32H,2-13H2,1H3,(H,25,29)/t17-,18+,19+,20+,21+,24+/m0/s1. The molecule has 5 N–H and O–H groups in total. The van der Waals surface area contributed by atoms with Gasteiger partial charge in [-0.1, -0.05) is 38.5 Å². The number of aliphatic hydroxyl groups excluding tert-OH is 4. The average molecular weight is 498 g/mol. The molecular weight excluding hydrogens is 458 g/mol. The van der Waals surface area contributed by atoms with Crippen molar-refractivity contribution in [2.75, 3.05) is 6.61 Å². The molecule has 11 heteroatoms. The van der Waals surface area contributed by atoms with Crippen molar-refractivity contribution >= 4 is 17.8 Å². The molecule has 2 aliphatic carbocycles. The zero-order chi connectivity index (χ0) is 25.3. The van der Waals surface area contributed by atoms with E-state index in [1.807, 2.05) is 0 Å². The first-order valence-electron chi connectivity index (χ1n) is 13.0. The van der Waals surface area contributed by atoms with E-state index >= 15 is 0 Å². The van der Waals surface area contributed by atoms with E-state index in [-0.39, 0.29) is 18.5 Å². The van der Waals surface area contributed by atoms with Gasteiger partial charge in [0.15, 0.2) is 0 Å². The van der Waals surface area contributed by atoms with Gasteiger partial charge in [-0.25, -0.2) is 4.79 Å². The summed E-state index contributed by atoms with van der Waals surface area (Å²) in [5, 5.41) is 44.2. The van der Waals surface area contributed by atoms with E-state index in [2.05, 4.69) is 5.32 Å². The lowest BCUT2D eigenvalue weighted by atomic mass is 9.85. The van der Waals surface area contributed by atoms with Crippen LogP contribution in [0.25, 0.3) is 0 Å². The number of hydrogen-bond donors (Lipinski definition) is 5. The van der Waals surface area contributed by atoms with Gasteiger partial charge in [0.05, 0.1) is 18.8 Å². The molecule has 4 fully saturated rings. The molecule has 0 aromatic carbocycles. The van der Waals surface area contributed by atoms with E-state index in [0.29, 0.717) is 25.7 Å². The van der Waals surface area contributed by atoms with Gasteiger partial charge in [0.1, 0.15) is 18.3 Å². The lowest BCUT2D eigenvalue weighted by Gasteiger charge is -2.50. The van der Waals surface area contributed by atoms with E-state index < -0.39 is 60.6 Å². The highest BCUT2D eigenvalue weighted by Gasteiger charge is 2.66. The largest absolute Gasteiger partial charge is 0.394 e. The first kappa shape index (κ1) is 26.3. The van der Waals surface area contributed by atoms with Crippen LogP contribution in [0.2, 0.25) is 0 Å². The summed E-state index contributed by atoms with van der Waals surface area (Å²) in [6.07, 6.45) is 2.11. The fourth-order valence-corrected chi connectivity index (χ4v) is 6.39. The summed E-state index contributed by atoms with van der Waals surface area (Å²) in [7, 11) is 0. The number of hydrogen-bond acceptors (Lipinski definition) is 8. The Kier molecular flexibility index (Phi) is 8.02. The van der Waals surface area contributed by atoms with Gasteiger partial charge >= 0.3 is 6.03 Å². The predicted molar refractivity (Wildman–Crippen MR) is 123 cm³/mol. The molecular formula is C24H39N3O8. The van der Waals surface area contributed by atoms with Gasteiger partial charge in [-0.3, -0.25) is 19.4 Å². The number of carbonyl (C=O) groups excluding carboxylic acids is 3. The number of aliphatic hydroxyl groups is 4. The molecule has 4 rings (SSSR count). The Morgan fingerprint density at radius 3 is 2.17 bits per heavy atom. The van der Waals surface area contributed by atoms with E-state index in [0.717, 1.165) is 38.5 Å². The Hall–Kier alpha value is -1.79. The van der Waals surface area contributed by atoms with E-state index in [1.54, 1.807) is 0 Å². The molecule has 35 heavy (non-hydrogen) atoms. The molecule has 4 aliphatic rings. The van der Waals surface area contributed by atoms with Gasteiger partial charge in [-0.05, 0) is 25.7 Å². The van der Waals surface area contributed by atoms with E-state index in [4.69, 9.17) is 4.74 Å². The molecule has 0 unspecified atom stereocenters. The third-order valence-corrected chi connectivity index (χ3v) is 8.11. The number of amides is 4. The van der Waals surface area contributed by atoms with Gasteiger partial charge in [0.25, 0.3) is 5.91 Å². The molecule has 0 radical (unpaired) electrons. The van der Waals surface area contributed by atoms with Crippen LogP contribution in [0, 0.1) is 0 Å². The minimum absolute atomic E-state index is 0.255. The SMILES string of the molecule is CC(=O)N[C@H]1[C@H]([C@H](O)[C@H](O)CO)O[C@]2(C[C@@H]1O)C(=O)N(C1CCCCC1)C(=O)N2C1CCCCC1. The van der Waals surface area contributed by atoms with Gasteiger partial charge in [0, 0.05) is 25.4 Å². The summed E-state index contributed by atoms with van der Waals surface area (Å²) in [4.78, 5) is 42.6. The van der Waals surface area contributed by atoms with Crippen LogP contribution in [0.15, 0.2) is 0 Å². The Morgan fingerprint density at radius 2 is 1.63 bits per heavy atom. The topological polar surface area (TPSA) is 160 Å². The van der Waals surface area contributed by atoms with Crippen molar-refractivity contribution < 1.29 is 39.5 Å². The van der Waals surface area contributed by atoms with Crippen LogP contribution < -0.4 is 5.32 Å². The first-order chi connectivity index (χ1) is 16.7. The Bertz CT molecular complexity index is 800. The number of imide groups is 1. The van der Waals surface area contributed by atoms with E-state index in [9.17, 15) is 34.8 Å². The molecule has 0 aromatic heterocycles. The van der Waals surface area contributed by atoms with Gasteiger partial charge in [0.2, 0.25) is 11.6 Å². The van der Waals surface area contributed by atoms with Crippen molar-refractivity contribution in [1.29, 1.82) is 0 Å². The number of nitrogens with zero attached hydrogens (tertiary/aromatic N) is 2. The number of rotatable bonds is 6. The molecule has 1 spiro atoms. The lowest BCUT2D eigenvalue weighted by Crippen LogP contribution is -2.71. The van der Waals surface area contributed by atoms with Crippen molar-refractivity contribution in [3.05, 3.63) is 0 Å². The second kappa shape index (κ2) is 10.7. The van der Waals surface area contributed by atoms with Crippen LogP contribution in [0.5, 0.6) is 0 Å². The molecule has 198 valence electrons. The molecule has 2 saturated carbocycles. The number of ether oxygens (including phenoxy) is 1. The zero-order valence-corrected chi connectivity index (χ0v) is 20.3. The van der Waals surface area contributed by atoms with Crippen LogP contribution in [0.1, 0.15) is 77.6 Å². The Labute approximate surface area is 205 Å². The quantitative estimate of drug-likeness (QED) is 0.320. The van der Waals surface area contributed by atoms with Crippen molar-refractivity contribution in [2.24, 2.45) is 0 Å². The smallest absolute Gasteiger partial charge is 0.330 e. The molecule has 11 nitrogen and oxygen atoms in total. The van der Waals surface area contributed by atoms with Gasteiger partial charge < -0.3 is 30.5 Å². The minimum atomic E-state index is -1.86. The maximum Gasteiger partial charge on any atom is 0.330 e. The van der Waals surface area contributed by atoms with Crippen LogP contribution in [0.3, 0.4) is 0 Å². The third-order valence-electron chi connectivity index (χ3n) is 8.11. The van der Waals surface area contributed by atoms with Gasteiger partial charge in [-0.15, -0.1) is 0 Å². The van der Waals surface area contributed by atoms with Crippen molar-refractivity contribution in [3.8, 4) is 0 Å². The Morgan fingerprint density at radius 1 is 1.06 bits per heavy atom. The third kappa shape index (κ3) is 4.81. The zero-order valence-electron chi connectivity index (χ0n) is 20.3. The van der Waals surface area contributed by atoms with Crippen LogP contribution in [0.4, 0.5) is 4.79 Å². The molecule has 2 aliphatic heterocycles. The van der Waals surface area contributed by atoms with Crippen molar-refractivity contribution in [2.45, 2.75) is 126 Å². The second-order valence-corrected chi connectivity index (χ2v) is 10.5. The fourth-order valence-electron chi connectivity index (χ4n) is 6.39. The molecule has 0 bridgehead atoms. The summed E-state index contributed by atoms with van der Waals surface area (Å²) in [6, 6.07) is -2.10. The lowest BCUT2D eigenvalue weighted by molar-refractivity contribution is -0.252. The average Bonchev–Trinajstić information content (AvgIpc) is 3.05. The summed E-state index contributed by atoms with van der Waals surface area (Å²) >= 11 is 0. The predicted octanol–water partition coefficient (Wildman–Crippen LogP) is -0.0191. The normalized spacial score (nSPS) is 34.9. The van der Waals surface area contributed by atoms with Gasteiger partial charge in [-0.2, -0.15) is 0 Å². The summed E-state index contributed by atoms with van der Waals surface area (Å²) in [5.74, 6) is -1.05. The van der Waals surface area contributed by atoms with Crippen LogP contribution >= 0.6 is 0 Å². The van der Waals surface area contributed by atoms with Crippen LogP contribution in [-0.2, 0) is 14.3 Å². The van der Waals surface area contributed by atoms with Crippen molar-refractivity contribution in [3.63, 3.8) is 0 Å². The number of urea groups is 1. The first-order valence-corrected chi connectivity index (χ1v) is 13.0. The summed E-state index contributed by atoms with van der Waals surface area (Å²) < 4.78 is 6.29. The number of carbonyl (C=O) groups is 3. The molecule has 6 atom stereocenters. The molecule has 2 heterocycles. The second-order valence-electron chi connectivity index (χ2n) is 10.5. The fraction of sp³-hybridized carbons (Fsp3) is 0.875. The minimum Gasteiger partial charge on any atom is -0.394 e. The summed E-state index contributed by atoms with van der Waals surface area (Å²) in [5.41, 5.74) is -1.86. The maximum atomic E-state index is 14.1. The highest BCUT2D eigenvalue weighted by molar-refractivity contribution is 6.06. The Balaban J connectivity index is 1.75. The molecule has 0 aromatic rings. The van der Waals surface area contributed by atoms with Crippen LogP contribution in [-0.4, -0.2) is 103 Å². The number of nitrogens with one attached hydrogen (secondary N) is 1. The molecule has 2 saturated heterocycles. The maximum absolute atomic E-state index is 14.1. The summed E-state index contributed by atoms with van der Waals surface area (Å²) in [6.45, 7) is 0.455. The monoisotopic (exact) mass is 497 g/mol. The highest BCUT2D eigenvalue weighted by Crippen LogP contribution is 2.45. The van der Waals surface area contributed by atoms with E-state index in [1.165, 1.54) is 16.7 Å². The molecule has 4 amide bonds. The van der Waals surface area contributed by atoms with Crippen molar-refractivity contribution in [1.82, 2.24) is 15.1 Å².